The number of aliphatic hydroxyl groups excluding tert-OH is 1. The fourth-order valence-corrected chi connectivity index (χ4v) is 3.57. The molecule has 3 nitrogen and oxygen atoms in total. The predicted octanol–water partition coefficient (Wildman–Crippen LogP) is 1.59. The van der Waals surface area contributed by atoms with Gasteiger partial charge in [0.05, 0.1) is 18.3 Å². The van der Waals surface area contributed by atoms with Gasteiger partial charge in [0.2, 0.25) is 0 Å². The van der Waals surface area contributed by atoms with Crippen molar-refractivity contribution >= 4 is 0 Å². The smallest absolute Gasteiger partial charge is 0.0733 e. The summed E-state index contributed by atoms with van der Waals surface area (Å²) in [5.74, 6) is 0. The first-order chi connectivity index (χ1) is 7.83. The van der Waals surface area contributed by atoms with Crippen molar-refractivity contribution in [2.24, 2.45) is 0 Å². The van der Waals surface area contributed by atoms with Crippen LogP contribution in [0.5, 0.6) is 0 Å². The van der Waals surface area contributed by atoms with Crippen LogP contribution >= 0.6 is 0 Å². The Labute approximate surface area is 97.6 Å². The van der Waals surface area contributed by atoms with Crippen molar-refractivity contribution in [3.63, 3.8) is 0 Å². The number of nitrogens with one attached hydrogen (secondary N) is 1. The quantitative estimate of drug-likeness (QED) is 0.701. The molecule has 0 amide bonds. The number of aliphatic hydroxyl groups is 1. The van der Waals surface area contributed by atoms with Crippen molar-refractivity contribution in [3.05, 3.63) is 0 Å². The Morgan fingerprint density at radius 1 is 0.938 bits per heavy atom. The molecule has 5 unspecified atom stereocenters. The summed E-state index contributed by atoms with van der Waals surface area (Å²) < 4.78 is 5.85. The van der Waals surface area contributed by atoms with Gasteiger partial charge in [0, 0.05) is 12.1 Å². The normalized spacial score (nSPS) is 48.2. The Balaban J connectivity index is 1.56. The van der Waals surface area contributed by atoms with Crippen molar-refractivity contribution in [1.82, 2.24) is 5.32 Å². The van der Waals surface area contributed by atoms with Crippen LogP contribution in [0.15, 0.2) is 0 Å². The van der Waals surface area contributed by atoms with Crippen LogP contribution in [0.4, 0.5) is 0 Å². The molecule has 92 valence electrons. The van der Waals surface area contributed by atoms with Crippen LogP contribution in [0.2, 0.25) is 0 Å². The van der Waals surface area contributed by atoms with Crippen molar-refractivity contribution < 1.29 is 9.84 Å². The van der Waals surface area contributed by atoms with E-state index in [1.807, 2.05) is 0 Å². The summed E-state index contributed by atoms with van der Waals surface area (Å²) in [6.07, 6.45) is 10.3. The molecule has 3 aliphatic rings. The molecule has 1 aliphatic carbocycles. The Bertz CT molecular complexity index is 246. The number of hydrogen-bond donors (Lipinski definition) is 2. The standard InChI is InChI=1S/C13H23NO2/c15-12-5-3-1-2-4-10(12)14-11-8-9-6-7-13(11)16-9/h9-15H,1-8H2. The second-order valence-corrected chi connectivity index (χ2v) is 5.69. The van der Waals surface area contributed by atoms with Crippen LogP contribution in [0.25, 0.3) is 0 Å². The zero-order valence-corrected chi connectivity index (χ0v) is 9.90. The number of hydrogen-bond acceptors (Lipinski definition) is 3. The molecule has 0 aromatic heterocycles. The molecular formula is C13H23NO2. The summed E-state index contributed by atoms with van der Waals surface area (Å²) in [4.78, 5) is 0. The van der Waals surface area contributed by atoms with E-state index in [1.165, 1.54) is 32.1 Å². The first-order valence-electron chi connectivity index (χ1n) is 6.92. The van der Waals surface area contributed by atoms with E-state index < -0.39 is 0 Å². The van der Waals surface area contributed by atoms with E-state index in [1.54, 1.807) is 0 Å². The van der Waals surface area contributed by atoms with Crippen LogP contribution in [-0.4, -0.2) is 35.5 Å². The van der Waals surface area contributed by atoms with Crippen molar-refractivity contribution in [1.29, 1.82) is 0 Å². The first-order valence-corrected chi connectivity index (χ1v) is 6.92. The fourth-order valence-electron chi connectivity index (χ4n) is 3.57. The summed E-state index contributed by atoms with van der Waals surface area (Å²) in [7, 11) is 0. The van der Waals surface area contributed by atoms with Gasteiger partial charge in [-0.05, 0) is 32.1 Å². The van der Waals surface area contributed by atoms with Crippen molar-refractivity contribution in [3.8, 4) is 0 Å². The zero-order valence-electron chi connectivity index (χ0n) is 9.90. The predicted molar refractivity (Wildman–Crippen MR) is 62.3 cm³/mol. The largest absolute Gasteiger partial charge is 0.392 e. The number of ether oxygens (including phenoxy) is 1. The lowest BCUT2D eigenvalue weighted by Gasteiger charge is -2.29. The van der Waals surface area contributed by atoms with Gasteiger partial charge in [-0.15, -0.1) is 0 Å². The van der Waals surface area contributed by atoms with E-state index in [2.05, 4.69) is 5.32 Å². The van der Waals surface area contributed by atoms with Gasteiger partial charge in [0.15, 0.2) is 0 Å². The maximum atomic E-state index is 10.1. The molecule has 3 heteroatoms. The summed E-state index contributed by atoms with van der Waals surface area (Å²) in [6, 6.07) is 0.826. The minimum absolute atomic E-state index is 0.137. The zero-order chi connectivity index (χ0) is 11.0. The lowest BCUT2D eigenvalue weighted by atomic mass is 9.93. The van der Waals surface area contributed by atoms with Gasteiger partial charge in [0.1, 0.15) is 0 Å². The van der Waals surface area contributed by atoms with Crippen LogP contribution in [0, 0.1) is 0 Å². The van der Waals surface area contributed by atoms with Gasteiger partial charge in [-0.3, -0.25) is 0 Å². The lowest BCUT2D eigenvalue weighted by molar-refractivity contribution is 0.0821. The average Bonchev–Trinajstić information content (AvgIpc) is 2.83. The third kappa shape index (κ3) is 2.13. The summed E-state index contributed by atoms with van der Waals surface area (Å²) >= 11 is 0. The molecule has 3 fully saturated rings. The second-order valence-electron chi connectivity index (χ2n) is 5.69. The highest BCUT2D eigenvalue weighted by molar-refractivity contribution is 4.96. The molecule has 2 heterocycles. The lowest BCUT2D eigenvalue weighted by Crippen LogP contribution is -2.48. The van der Waals surface area contributed by atoms with E-state index in [0.717, 1.165) is 19.3 Å². The highest BCUT2D eigenvalue weighted by Gasteiger charge is 2.41. The molecule has 16 heavy (non-hydrogen) atoms. The minimum atomic E-state index is -0.137. The van der Waals surface area contributed by atoms with E-state index in [9.17, 15) is 5.11 Å². The van der Waals surface area contributed by atoms with Gasteiger partial charge < -0.3 is 15.2 Å². The van der Waals surface area contributed by atoms with Crippen molar-refractivity contribution in [2.75, 3.05) is 0 Å². The molecule has 0 radical (unpaired) electrons. The summed E-state index contributed by atoms with van der Waals surface area (Å²) in [5.41, 5.74) is 0. The highest BCUT2D eigenvalue weighted by atomic mass is 16.5. The molecule has 0 aromatic rings. The molecule has 2 N–H and O–H groups in total. The van der Waals surface area contributed by atoms with Crippen LogP contribution in [0.1, 0.15) is 51.4 Å². The molecule has 0 spiro atoms. The van der Waals surface area contributed by atoms with E-state index in [0.29, 0.717) is 24.3 Å². The second kappa shape index (κ2) is 4.63. The molecule has 0 aromatic carbocycles. The average molecular weight is 225 g/mol. The van der Waals surface area contributed by atoms with Crippen molar-refractivity contribution in [2.45, 2.75) is 81.8 Å². The molecule has 2 aliphatic heterocycles. The Hall–Kier alpha value is -0.120. The molecule has 2 bridgehead atoms. The third-order valence-electron chi connectivity index (χ3n) is 4.51. The van der Waals surface area contributed by atoms with Gasteiger partial charge in [0.25, 0.3) is 0 Å². The number of fused-ring (bicyclic) bond motifs is 2. The van der Waals surface area contributed by atoms with Crippen LogP contribution in [-0.2, 0) is 4.74 Å². The van der Waals surface area contributed by atoms with Gasteiger partial charge in [-0.25, -0.2) is 0 Å². The van der Waals surface area contributed by atoms with Gasteiger partial charge in [-0.2, -0.15) is 0 Å². The Morgan fingerprint density at radius 3 is 2.56 bits per heavy atom. The maximum Gasteiger partial charge on any atom is 0.0733 e. The maximum absolute atomic E-state index is 10.1. The Kier molecular flexibility index (Phi) is 3.18. The molecule has 1 saturated carbocycles. The van der Waals surface area contributed by atoms with Gasteiger partial charge in [-0.1, -0.05) is 19.3 Å². The topological polar surface area (TPSA) is 41.5 Å². The van der Waals surface area contributed by atoms with E-state index >= 15 is 0 Å². The van der Waals surface area contributed by atoms with E-state index in [4.69, 9.17) is 4.74 Å². The monoisotopic (exact) mass is 225 g/mol. The highest BCUT2D eigenvalue weighted by Crippen LogP contribution is 2.35. The first kappa shape index (κ1) is 11.0. The number of rotatable bonds is 2. The van der Waals surface area contributed by atoms with Gasteiger partial charge >= 0.3 is 0 Å². The molecular weight excluding hydrogens is 202 g/mol. The van der Waals surface area contributed by atoms with Crippen LogP contribution in [0.3, 0.4) is 0 Å². The molecule has 5 atom stereocenters. The Morgan fingerprint density at radius 2 is 1.81 bits per heavy atom. The summed E-state index contributed by atoms with van der Waals surface area (Å²) in [6.45, 7) is 0. The fraction of sp³-hybridized carbons (Fsp3) is 1.00. The third-order valence-corrected chi connectivity index (χ3v) is 4.51. The summed E-state index contributed by atoms with van der Waals surface area (Å²) in [5, 5.41) is 13.7. The van der Waals surface area contributed by atoms with Crippen LogP contribution < -0.4 is 5.32 Å². The molecule has 2 saturated heterocycles. The molecule has 3 rings (SSSR count). The van der Waals surface area contributed by atoms with E-state index in [-0.39, 0.29) is 6.10 Å². The minimum Gasteiger partial charge on any atom is -0.392 e. The SMILES string of the molecule is OC1CCCCCC1NC1CC2CCC1O2.